The first-order valence-electron chi connectivity index (χ1n) is 9.96. The van der Waals surface area contributed by atoms with Crippen molar-refractivity contribution in [3.8, 4) is 28.6 Å². The van der Waals surface area contributed by atoms with Crippen molar-refractivity contribution in [2.75, 3.05) is 26.1 Å². The van der Waals surface area contributed by atoms with E-state index in [1.54, 1.807) is 66.7 Å². The lowest BCUT2D eigenvalue weighted by Crippen LogP contribution is -2.22. The summed E-state index contributed by atoms with van der Waals surface area (Å²) < 4.78 is 22.4. The molecule has 0 aliphatic rings. The third-order valence-electron chi connectivity index (χ3n) is 4.86. The Balaban J connectivity index is 1.71. The van der Waals surface area contributed by atoms with Crippen molar-refractivity contribution in [3.63, 3.8) is 0 Å². The highest BCUT2D eigenvalue weighted by molar-refractivity contribution is 6.30. The maximum absolute atomic E-state index is 13.2. The maximum atomic E-state index is 13.2. The van der Waals surface area contributed by atoms with Gasteiger partial charge in [0.15, 0.2) is 23.9 Å². The van der Waals surface area contributed by atoms with Crippen LogP contribution in [0.1, 0.15) is 0 Å². The molecule has 4 aromatic rings. The monoisotopic (exact) mass is 465 g/mol. The van der Waals surface area contributed by atoms with Crippen molar-refractivity contribution in [2.24, 2.45) is 0 Å². The summed E-state index contributed by atoms with van der Waals surface area (Å²) in [6.45, 7) is -0.407. The molecule has 4 rings (SSSR count). The van der Waals surface area contributed by atoms with Crippen LogP contribution in [0, 0.1) is 0 Å². The molecule has 1 amide bonds. The highest BCUT2D eigenvalue weighted by Crippen LogP contribution is 2.36. The molecule has 0 fully saturated rings. The SMILES string of the molecule is COc1ccc(-c2oc3ccccc3c(=O)c2OCC(=O)Nc2cccc(Cl)c2)cc1OC. The molecule has 33 heavy (non-hydrogen) atoms. The third kappa shape index (κ3) is 4.78. The van der Waals surface area contributed by atoms with Crippen molar-refractivity contribution in [3.05, 3.63) is 82.0 Å². The van der Waals surface area contributed by atoms with Gasteiger partial charge in [-0.2, -0.15) is 0 Å². The van der Waals surface area contributed by atoms with E-state index in [0.29, 0.717) is 38.7 Å². The molecule has 7 nitrogen and oxygen atoms in total. The van der Waals surface area contributed by atoms with Gasteiger partial charge in [-0.25, -0.2) is 0 Å². The molecule has 0 aliphatic carbocycles. The number of amides is 1. The molecule has 1 aromatic heterocycles. The van der Waals surface area contributed by atoms with Gasteiger partial charge in [0.05, 0.1) is 19.6 Å². The average molecular weight is 466 g/mol. The first kappa shape index (κ1) is 22.2. The van der Waals surface area contributed by atoms with Gasteiger partial charge in [0.2, 0.25) is 11.2 Å². The van der Waals surface area contributed by atoms with Gasteiger partial charge in [0.1, 0.15) is 5.58 Å². The highest BCUT2D eigenvalue weighted by Gasteiger charge is 2.20. The van der Waals surface area contributed by atoms with Crippen LogP contribution in [0.15, 0.2) is 75.9 Å². The number of rotatable bonds is 7. The van der Waals surface area contributed by atoms with Gasteiger partial charge in [0, 0.05) is 16.3 Å². The van der Waals surface area contributed by atoms with Gasteiger partial charge in [0.25, 0.3) is 5.91 Å². The minimum atomic E-state index is -0.455. The number of para-hydroxylation sites is 1. The van der Waals surface area contributed by atoms with E-state index in [9.17, 15) is 9.59 Å². The average Bonchev–Trinajstić information content (AvgIpc) is 2.83. The number of methoxy groups -OCH3 is 2. The summed E-state index contributed by atoms with van der Waals surface area (Å²) in [5.74, 6) is 0.615. The second kappa shape index (κ2) is 9.67. The van der Waals surface area contributed by atoms with Gasteiger partial charge in [-0.1, -0.05) is 29.8 Å². The zero-order valence-corrected chi connectivity index (χ0v) is 18.6. The summed E-state index contributed by atoms with van der Waals surface area (Å²) in [5.41, 5.74) is 1.04. The van der Waals surface area contributed by atoms with Crippen molar-refractivity contribution in [2.45, 2.75) is 0 Å². The van der Waals surface area contributed by atoms with Crippen LogP contribution >= 0.6 is 11.6 Å². The van der Waals surface area contributed by atoms with Crippen LogP contribution in [0.5, 0.6) is 17.2 Å². The van der Waals surface area contributed by atoms with Gasteiger partial charge in [-0.15, -0.1) is 0 Å². The Morgan fingerprint density at radius 2 is 1.76 bits per heavy atom. The van der Waals surface area contributed by atoms with Gasteiger partial charge in [-0.3, -0.25) is 9.59 Å². The molecule has 0 atom stereocenters. The Morgan fingerprint density at radius 3 is 2.52 bits per heavy atom. The summed E-state index contributed by atoms with van der Waals surface area (Å²) in [6.07, 6.45) is 0. The lowest BCUT2D eigenvalue weighted by Gasteiger charge is -2.13. The minimum absolute atomic E-state index is 0.0813. The van der Waals surface area contributed by atoms with Crippen molar-refractivity contribution in [1.82, 2.24) is 0 Å². The molecule has 0 unspecified atom stereocenters. The number of nitrogens with one attached hydrogen (secondary N) is 1. The summed E-state index contributed by atoms with van der Waals surface area (Å²) >= 11 is 5.96. The molecular weight excluding hydrogens is 446 g/mol. The molecule has 8 heteroatoms. The van der Waals surface area contributed by atoms with Crippen LogP contribution in [-0.2, 0) is 4.79 Å². The number of hydrogen-bond acceptors (Lipinski definition) is 6. The van der Waals surface area contributed by atoms with Crippen molar-refractivity contribution >= 4 is 34.2 Å². The number of halogens is 1. The topological polar surface area (TPSA) is 87.0 Å². The van der Waals surface area contributed by atoms with Crippen LogP contribution < -0.4 is 25.0 Å². The van der Waals surface area contributed by atoms with Crippen molar-refractivity contribution < 1.29 is 23.4 Å². The van der Waals surface area contributed by atoms with E-state index in [-0.39, 0.29) is 11.5 Å². The van der Waals surface area contributed by atoms with E-state index in [1.165, 1.54) is 14.2 Å². The summed E-state index contributed by atoms with van der Waals surface area (Å²) in [4.78, 5) is 25.7. The standard InChI is InChI=1S/C25H20ClNO6/c1-30-20-11-10-15(12-21(20)31-2)24-25(23(29)18-8-3-4-9-19(18)33-24)32-14-22(28)27-17-7-5-6-16(26)13-17/h3-13H,14H2,1-2H3,(H,27,28). The molecule has 1 N–H and O–H groups in total. The van der Waals surface area contributed by atoms with Gasteiger partial charge >= 0.3 is 0 Å². The van der Waals surface area contributed by atoms with Crippen molar-refractivity contribution in [1.29, 1.82) is 0 Å². The van der Waals surface area contributed by atoms with Crippen LogP contribution in [0.2, 0.25) is 5.02 Å². The molecular formula is C25H20ClNO6. The van der Waals surface area contributed by atoms with E-state index in [1.807, 2.05) is 0 Å². The zero-order chi connectivity index (χ0) is 23.4. The Morgan fingerprint density at radius 1 is 0.970 bits per heavy atom. The van der Waals surface area contributed by atoms with E-state index in [0.717, 1.165) is 0 Å². The number of hydrogen-bond donors (Lipinski definition) is 1. The predicted octanol–water partition coefficient (Wildman–Crippen LogP) is 5.15. The van der Waals surface area contributed by atoms with Crippen LogP contribution in [0.3, 0.4) is 0 Å². The second-order valence-corrected chi connectivity index (χ2v) is 7.44. The molecule has 0 spiro atoms. The third-order valence-corrected chi connectivity index (χ3v) is 5.09. The first-order chi connectivity index (χ1) is 16.0. The summed E-state index contributed by atoms with van der Waals surface area (Å²) in [6, 6.07) is 18.6. The number of fused-ring (bicyclic) bond motifs is 1. The van der Waals surface area contributed by atoms with E-state index < -0.39 is 17.9 Å². The molecule has 0 radical (unpaired) electrons. The highest BCUT2D eigenvalue weighted by atomic mass is 35.5. The summed E-state index contributed by atoms with van der Waals surface area (Å²) in [5, 5.41) is 3.51. The second-order valence-electron chi connectivity index (χ2n) is 7.00. The van der Waals surface area contributed by atoms with Crippen LogP contribution in [-0.4, -0.2) is 26.7 Å². The normalized spacial score (nSPS) is 10.6. The first-order valence-corrected chi connectivity index (χ1v) is 10.3. The largest absolute Gasteiger partial charge is 0.493 e. The Hall–Kier alpha value is -3.97. The summed E-state index contributed by atoms with van der Waals surface area (Å²) in [7, 11) is 3.04. The number of carbonyl (C=O) groups excluding carboxylic acids is 1. The van der Waals surface area contributed by atoms with Crippen LogP contribution in [0.25, 0.3) is 22.3 Å². The predicted molar refractivity (Wildman–Crippen MR) is 127 cm³/mol. The van der Waals surface area contributed by atoms with E-state index >= 15 is 0 Å². The van der Waals surface area contributed by atoms with E-state index in [4.69, 9.17) is 30.2 Å². The lowest BCUT2D eigenvalue weighted by atomic mass is 10.1. The number of carbonyl (C=O) groups is 1. The molecule has 1 heterocycles. The number of anilines is 1. The molecule has 0 saturated carbocycles. The van der Waals surface area contributed by atoms with Gasteiger partial charge in [-0.05, 0) is 48.5 Å². The maximum Gasteiger partial charge on any atom is 0.262 e. The molecule has 0 aliphatic heterocycles. The fourth-order valence-electron chi connectivity index (χ4n) is 3.32. The number of benzene rings is 3. The quantitative estimate of drug-likeness (QED) is 0.406. The minimum Gasteiger partial charge on any atom is -0.493 e. The fraction of sp³-hybridized carbons (Fsp3) is 0.120. The van der Waals surface area contributed by atoms with Gasteiger partial charge < -0.3 is 23.9 Å². The molecule has 0 saturated heterocycles. The Bertz CT molecular complexity index is 1380. The smallest absolute Gasteiger partial charge is 0.262 e. The van der Waals surface area contributed by atoms with E-state index in [2.05, 4.69) is 5.32 Å². The molecule has 168 valence electrons. The molecule has 0 bridgehead atoms. The number of ether oxygens (including phenoxy) is 3. The lowest BCUT2D eigenvalue weighted by molar-refractivity contribution is -0.118. The Kier molecular flexibility index (Phi) is 6.51. The zero-order valence-electron chi connectivity index (χ0n) is 17.9. The fourth-order valence-corrected chi connectivity index (χ4v) is 3.51. The van der Waals surface area contributed by atoms with Crippen LogP contribution in [0.4, 0.5) is 5.69 Å². The molecule has 3 aromatic carbocycles. The Labute approximate surface area is 194 Å².